The molecule has 0 amide bonds. The Morgan fingerprint density at radius 1 is 1.29 bits per heavy atom. The summed E-state index contributed by atoms with van der Waals surface area (Å²) in [6, 6.07) is 6.41. The normalized spacial score (nSPS) is 11.2. The van der Waals surface area contributed by atoms with E-state index in [2.05, 4.69) is 66.9 Å². The van der Waals surface area contributed by atoms with E-state index in [1.807, 2.05) is 11.6 Å². The number of benzene rings is 1. The predicted octanol–water partition coefficient (Wildman–Crippen LogP) is 4.98. The van der Waals surface area contributed by atoms with Crippen molar-refractivity contribution < 1.29 is 4.74 Å². The van der Waals surface area contributed by atoms with Gasteiger partial charge in [-0.1, -0.05) is 26.0 Å². The van der Waals surface area contributed by atoms with Gasteiger partial charge in [0.25, 0.3) is 0 Å². The minimum Gasteiger partial charge on any atom is -0.487 e. The van der Waals surface area contributed by atoms with Crippen LogP contribution in [0.4, 0.5) is 0 Å². The van der Waals surface area contributed by atoms with Crippen molar-refractivity contribution in [1.29, 1.82) is 0 Å². The summed E-state index contributed by atoms with van der Waals surface area (Å²) < 4.78 is 9.15. The maximum absolute atomic E-state index is 6.11. The second kappa shape index (κ2) is 6.65. The number of ether oxygens (including phenoxy) is 1. The maximum Gasteiger partial charge on any atom is 0.131 e. The molecule has 114 valence electrons. The van der Waals surface area contributed by atoms with Gasteiger partial charge in [0.05, 0.1) is 15.9 Å². The van der Waals surface area contributed by atoms with E-state index in [9.17, 15) is 0 Å². The van der Waals surface area contributed by atoms with E-state index in [1.165, 1.54) is 11.1 Å². The molecule has 0 spiro atoms. The summed E-state index contributed by atoms with van der Waals surface area (Å²) in [7, 11) is 0. The Labute approximate surface area is 135 Å². The van der Waals surface area contributed by atoms with E-state index in [0.717, 1.165) is 28.2 Å². The van der Waals surface area contributed by atoms with Gasteiger partial charge >= 0.3 is 0 Å². The van der Waals surface area contributed by atoms with Gasteiger partial charge in [-0.25, -0.2) is 0 Å². The van der Waals surface area contributed by atoms with Crippen LogP contribution in [-0.4, -0.2) is 9.78 Å². The van der Waals surface area contributed by atoms with Crippen molar-refractivity contribution in [2.45, 2.75) is 53.7 Å². The minimum absolute atomic E-state index is 0.446. The summed E-state index contributed by atoms with van der Waals surface area (Å²) in [5.74, 6) is 1.42. The number of hydrogen-bond acceptors (Lipinski definition) is 2. The molecule has 4 heteroatoms. The zero-order valence-corrected chi connectivity index (χ0v) is 15.0. The molecule has 0 atom stereocenters. The number of halogens is 1. The van der Waals surface area contributed by atoms with Crippen LogP contribution >= 0.6 is 15.9 Å². The molecule has 1 aromatic heterocycles. The number of nitrogens with zero attached hydrogens (tertiary/aromatic N) is 2. The molecule has 0 aliphatic carbocycles. The number of aryl methyl sites for hydroxylation is 3. The SMILES string of the molecule is CCn1nc(C)c(Br)c1COc1cc(C)ccc1C(C)C. The summed E-state index contributed by atoms with van der Waals surface area (Å²) in [6.45, 7) is 11.9. The van der Waals surface area contributed by atoms with Crippen LogP contribution in [0.1, 0.15) is 49.2 Å². The van der Waals surface area contributed by atoms with Crippen LogP contribution in [0.2, 0.25) is 0 Å². The summed E-state index contributed by atoms with van der Waals surface area (Å²) in [6.07, 6.45) is 0. The van der Waals surface area contributed by atoms with E-state index in [0.29, 0.717) is 12.5 Å². The summed E-state index contributed by atoms with van der Waals surface area (Å²) in [5, 5.41) is 4.51. The molecule has 0 saturated carbocycles. The number of aromatic nitrogens is 2. The van der Waals surface area contributed by atoms with Crippen molar-refractivity contribution in [3.05, 3.63) is 45.2 Å². The molecule has 0 bridgehead atoms. The summed E-state index contributed by atoms with van der Waals surface area (Å²) >= 11 is 3.61. The van der Waals surface area contributed by atoms with Gasteiger partial charge in [0.1, 0.15) is 12.4 Å². The Morgan fingerprint density at radius 3 is 2.62 bits per heavy atom. The van der Waals surface area contributed by atoms with Crippen LogP contribution in [-0.2, 0) is 13.2 Å². The van der Waals surface area contributed by atoms with Crippen LogP contribution in [0.25, 0.3) is 0 Å². The average Bonchev–Trinajstić information content (AvgIpc) is 2.71. The van der Waals surface area contributed by atoms with Gasteiger partial charge in [-0.05, 0) is 59.8 Å². The van der Waals surface area contributed by atoms with Gasteiger partial charge in [-0.2, -0.15) is 5.10 Å². The first-order valence-electron chi connectivity index (χ1n) is 7.39. The van der Waals surface area contributed by atoms with E-state index in [4.69, 9.17) is 4.74 Å². The smallest absolute Gasteiger partial charge is 0.131 e. The third-order valence-electron chi connectivity index (χ3n) is 3.61. The predicted molar refractivity (Wildman–Crippen MR) is 89.9 cm³/mol. The van der Waals surface area contributed by atoms with Crippen molar-refractivity contribution in [1.82, 2.24) is 9.78 Å². The molecule has 2 aromatic rings. The lowest BCUT2D eigenvalue weighted by molar-refractivity contribution is 0.287. The molecule has 3 nitrogen and oxygen atoms in total. The third kappa shape index (κ3) is 3.49. The van der Waals surface area contributed by atoms with Gasteiger partial charge in [0.2, 0.25) is 0 Å². The molecular formula is C17H23BrN2O. The van der Waals surface area contributed by atoms with Crippen LogP contribution in [0, 0.1) is 13.8 Å². The molecule has 0 fully saturated rings. The Morgan fingerprint density at radius 2 is 2.00 bits per heavy atom. The molecular weight excluding hydrogens is 328 g/mol. The first-order chi connectivity index (χ1) is 9.93. The molecule has 0 radical (unpaired) electrons. The van der Waals surface area contributed by atoms with Crippen molar-refractivity contribution in [3.63, 3.8) is 0 Å². The lowest BCUT2D eigenvalue weighted by Crippen LogP contribution is -2.08. The largest absolute Gasteiger partial charge is 0.487 e. The minimum atomic E-state index is 0.446. The van der Waals surface area contributed by atoms with Crippen LogP contribution < -0.4 is 4.74 Å². The number of rotatable bonds is 5. The molecule has 0 saturated heterocycles. The fraction of sp³-hybridized carbons (Fsp3) is 0.471. The standard InChI is InChI=1S/C17H23BrN2O/c1-6-20-15(17(18)13(5)19-20)10-21-16-9-12(4)7-8-14(16)11(2)3/h7-9,11H,6,10H2,1-5H3. The number of hydrogen-bond donors (Lipinski definition) is 0. The van der Waals surface area contributed by atoms with Gasteiger partial charge < -0.3 is 4.74 Å². The lowest BCUT2D eigenvalue weighted by Gasteiger charge is -2.15. The van der Waals surface area contributed by atoms with Gasteiger partial charge in [0, 0.05) is 6.54 Å². The molecule has 1 heterocycles. The van der Waals surface area contributed by atoms with Crippen molar-refractivity contribution >= 4 is 15.9 Å². The van der Waals surface area contributed by atoms with Crippen molar-refractivity contribution in [2.24, 2.45) is 0 Å². The molecule has 21 heavy (non-hydrogen) atoms. The summed E-state index contributed by atoms with van der Waals surface area (Å²) in [5.41, 5.74) is 4.56. The monoisotopic (exact) mass is 350 g/mol. The van der Waals surface area contributed by atoms with Gasteiger partial charge in [-0.3, -0.25) is 4.68 Å². The molecule has 1 aromatic carbocycles. The Balaban J connectivity index is 2.26. The van der Waals surface area contributed by atoms with Crippen LogP contribution in [0.5, 0.6) is 5.75 Å². The maximum atomic E-state index is 6.11. The fourth-order valence-electron chi connectivity index (χ4n) is 2.40. The molecule has 2 rings (SSSR count). The topological polar surface area (TPSA) is 27.1 Å². The van der Waals surface area contributed by atoms with Crippen LogP contribution in [0.3, 0.4) is 0 Å². The van der Waals surface area contributed by atoms with Crippen molar-refractivity contribution in [2.75, 3.05) is 0 Å². The van der Waals surface area contributed by atoms with E-state index < -0.39 is 0 Å². The first kappa shape index (κ1) is 16.1. The molecule has 0 unspecified atom stereocenters. The lowest BCUT2D eigenvalue weighted by atomic mass is 10.0. The van der Waals surface area contributed by atoms with Gasteiger partial charge in [-0.15, -0.1) is 0 Å². The molecule has 0 N–H and O–H groups in total. The highest BCUT2D eigenvalue weighted by Crippen LogP contribution is 2.29. The Hall–Kier alpha value is -1.29. The van der Waals surface area contributed by atoms with E-state index >= 15 is 0 Å². The first-order valence-corrected chi connectivity index (χ1v) is 8.18. The highest BCUT2D eigenvalue weighted by atomic mass is 79.9. The zero-order chi connectivity index (χ0) is 15.6. The second-order valence-corrected chi connectivity index (χ2v) is 6.44. The zero-order valence-electron chi connectivity index (χ0n) is 13.4. The van der Waals surface area contributed by atoms with E-state index in [-0.39, 0.29) is 0 Å². The third-order valence-corrected chi connectivity index (χ3v) is 4.64. The van der Waals surface area contributed by atoms with Crippen LogP contribution in [0.15, 0.2) is 22.7 Å². The fourth-order valence-corrected chi connectivity index (χ4v) is 2.79. The van der Waals surface area contributed by atoms with E-state index in [1.54, 1.807) is 0 Å². The van der Waals surface area contributed by atoms with Gasteiger partial charge in [0.15, 0.2) is 0 Å². The Kier molecular flexibility index (Phi) is 5.09. The molecule has 0 aliphatic heterocycles. The highest BCUT2D eigenvalue weighted by Gasteiger charge is 2.14. The quantitative estimate of drug-likeness (QED) is 0.759. The summed E-state index contributed by atoms with van der Waals surface area (Å²) in [4.78, 5) is 0. The second-order valence-electron chi connectivity index (χ2n) is 5.65. The van der Waals surface area contributed by atoms with Crippen molar-refractivity contribution in [3.8, 4) is 5.75 Å². The average molecular weight is 351 g/mol. The Bertz CT molecular complexity index is 632. The highest BCUT2D eigenvalue weighted by molar-refractivity contribution is 9.10. The molecule has 0 aliphatic rings.